The fourth-order valence-electron chi connectivity index (χ4n) is 5.25. The van der Waals surface area contributed by atoms with E-state index >= 15 is 0 Å². The van der Waals surface area contributed by atoms with Crippen LogP contribution in [0.2, 0.25) is 0 Å². The van der Waals surface area contributed by atoms with E-state index in [9.17, 15) is 14.7 Å². The van der Waals surface area contributed by atoms with E-state index in [1.807, 2.05) is 0 Å². The fraction of sp³-hybridized carbons (Fsp3) is 0.892. The van der Waals surface area contributed by atoms with Crippen molar-refractivity contribution >= 4 is 11.9 Å². The van der Waals surface area contributed by atoms with E-state index in [2.05, 4.69) is 26.0 Å². The number of aliphatic hydroxyl groups is 1. The topological polar surface area (TPSA) is 72.8 Å². The summed E-state index contributed by atoms with van der Waals surface area (Å²) < 4.78 is 10.6. The maximum atomic E-state index is 12.1. The number of rotatable bonds is 33. The SMILES string of the molecule is CCCCCC/C=C\CCCCCCCC(=O)O[C@@H](CO)COC(=O)CCCCCCCCCCCCCCCCC. The Labute approximate surface area is 261 Å². The number of aliphatic hydroxyl groups excluding tert-OH is 1. The normalized spacial score (nSPS) is 12.2. The Hall–Kier alpha value is -1.36. The molecule has 0 bridgehead atoms. The molecular formula is C37H70O5. The molecule has 0 amide bonds. The van der Waals surface area contributed by atoms with Gasteiger partial charge in [-0.1, -0.05) is 154 Å². The van der Waals surface area contributed by atoms with Gasteiger partial charge in [0.15, 0.2) is 6.10 Å². The quantitative estimate of drug-likeness (QED) is 0.0465. The van der Waals surface area contributed by atoms with Gasteiger partial charge in [-0.05, 0) is 38.5 Å². The first kappa shape index (κ1) is 40.6. The molecule has 0 aliphatic heterocycles. The molecule has 5 heteroatoms. The number of hydrogen-bond acceptors (Lipinski definition) is 5. The van der Waals surface area contributed by atoms with Crippen LogP contribution in [0.4, 0.5) is 0 Å². The predicted octanol–water partition coefficient (Wildman–Crippen LogP) is 11.0. The van der Waals surface area contributed by atoms with Crippen LogP contribution in [0.1, 0.15) is 194 Å². The molecule has 1 N–H and O–H groups in total. The van der Waals surface area contributed by atoms with Crippen LogP contribution in [0.25, 0.3) is 0 Å². The maximum absolute atomic E-state index is 12.1. The van der Waals surface area contributed by atoms with Gasteiger partial charge in [0.2, 0.25) is 0 Å². The summed E-state index contributed by atoms with van der Waals surface area (Å²) in [6, 6.07) is 0. The highest BCUT2D eigenvalue weighted by Crippen LogP contribution is 2.14. The molecule has 0 aromatic carbocycles. The average molecular weight is 595 g/mol. The lowest BCUT2D eigenvalue weighted by Crippen LogP contribution is -2.28. The van der Waals surface area contributed by atoms with Gasteiger partial charge in [0.05, 0.1) is 6.61 Å². The van der Waals surface area contributed by atoms with Crippen LogP contribution < -0.4 is 0 Å². The zero-order valence-corrected chi connectivity index (χ0v) is 28.0. The number of esters is 2. The number of carbonyl (C=O) groups excluding carboxylic acids is 2. The molecule has 0 aliphatic rings. The van der Waals surface area contributed by atoms with Gasteiger partial charge in [-0.2, -0.15) is 0 Å². The Morgan fingerprint density at radius 3 is 1.31 bits per heavy atom. The number of hydrogen-bond donors (Lipinski definition) is 1. The summed E-state index contributed by atoms with van der Waals surface area (Å²) in [5.74, 6) is -0.593. The van der Waals surface area contributed by atoms with E-state index in [1.165, 1.54) is 122 Å². The Balaban J connectivity index is 3.54. The summed E-state index contributed by atoms with van der Waals surface area (Å²) in [5.41, 5.74) is 0. The Kier molecular flexibility index (Phi) is 33.0. The first-order valence-corrected chi connectivity index (χ1v) is 18.2. The van der Waals surface area contributed by atoms with Gasteiger partial charge in [0, 0.05) is 12.8 Å². The summed E-state index contributed by atoms with van der Waals surface area (Å²) in [6.07, 6.45) is 36.9. The Morgan fingerprint density at radius 2 is 0.881 bits per heavy atom. The lowest BCUT2D eigenvalue weighted by Gasteiger charge is -2.15. The highest BCUT2D eigenvalue weighted by Gasteiger charge is 2.16. The van der Waals surface area contributed by atoms with E-state index in [0.29, 0.717) is 12.8 Å². The molecule has 0 fully saturated rings. The van der Waals surface area contributed by atoms with Crippen molar-refractivity contribution in [1.29, 1.82) is 0 Å². The zero-order valence-electron chi connectivity index (χ0n) is 28.0. The van der Waals surface area contributed by atoms with Gasteiger partial charge in [-0.3, -0.25) is 9.59 Å². The summed E-state index contributed by atoms with van der Waals surface area (Å²) in [7, 11) is 0. The first-order chi connectivity index (χ1) is 20.6. The monoisotopic (exact) mass is 595 g/mol. The van der Waals surface area contributed by atoms with Crippen molar-refractivity contribution in [3.05, 3.63) is 12.2 Å². The second-order valence-electron chi connectivity index (χ2n) is 12.3. The molecule has 0 rings (SSSR count). The summed E-state index contributed by atoms with van der Waals surface area (Å²) in [4.78, 5) is 24.1. The van der Waals surface area contributed by atoms with Gasteiger partial charge in [0.1, 0.15) is 6.61 Å². The van der Waals surface area contributed by atoms with Gasteiger partial charge in [-0.25, -0.2) is 0 Å². The summed E-state index contributed by atoms with van der Waals surface area (Å²) >= 11 is 0. The maximum Gasteiger partial charge on any atom is 0.306 e. The number of allylic oxidation sites excluding steroid dienone is 2. The predicted molar refractivity (Wildman–Crippen MR) is 178 cm³/mol. The Morgan fingerprint density at radius 1 is 0.524 bits per heavy atom. The molecular weight excluding hydrogens is 524 g/mol. The van der Waals surface area contributed by atoms with Crippen molar-refractivity contribution in [1.82, 2.24) is 0 Å². The smallest absolute Gasteiger partial charge is 0.306 e. The average Bonchev–Trinajstić information content (AvgIpc) is 2.99. The molecule has 0 saturated carbocycles. The van der Waals surface area contributed by atoms with Crippen LogP contribution in [-0.4, -0.2) is 36.4 Å². The number of carbonyl (C=O) groups is 2. The summed E-state index contributed by atoms with van der Waals surface area (Å²) in [5, 5.41) is 9.51. The van der Waals surface area contributed by atoms with Crippen molar-refractivity contribution in [3.8, 4) is 0 Å². The second kappa shape index (κ2) is 34.1. The first-order valence-electron chi connectivity index (χ1n) is 18.2. The highest BCUT2D eigenvalue weighted by atomic mass is 16.6. The molecule has 0 aromatic heterocycles. The van der Waals surface area contributed by atoms with Crippen LogP contribution in [0.5, 0.6) is 0 Å². The minimum atomic E-state index is -0.767. The van der Waals surface area contributed by atoms with Crippen molar-refractivity contribution in [3.63, 3.8) is 0 Å². The third-order valence-electron chi connectivity index (χ3n) is 8.06. The molecule has 0 unspecified atom stereocenters. The van der Waals surface area contributed by atoms with E-state index in [0.717, 1.165) is 44.9 Å². The molecule has 0 saturated heterocycles. The molecule has 0 spiro atoms. The Bertz CT molecular complexity index is 603. The lowest BCUT2D eigenvalue weighted by atomic mass is 10.0. The molecule has 0 radical (unpaired) electrons. The van der Waals surface area contributed by atoms with Crippen molar-refractivity contribution < 1.29 is 24.2 Å². The largest absolute Gasteiger partial charge is 0.462 e. The van der Waals surface area contributed by atoms with E-state index in [-0.39, 0.29) is 25.2 Å². The molecule has 248 valence electrons. The highest BCUT2D eigenvalue weighted by molar-refractivity contribution is 5.70. The van der Waals surface area contributed by atoms with Gasteiger partial charge >= 0.3 is 11.9 Å². The molecule has 5 nitrogen and oxygen atoms in total. The van der Waals surface area contributed by atoms with E-state index in [1.54, 1.807) is 0 Å². The minimum absolute atomic E-state index is 0.0636. The van der Waals surface area contributed by atoms with Crippen LogP contribution in [0.3, 0.4) is 0 Å². The number of ether oxygens (including phenoxy) is 2. The van der Waals surface area contributed by atoms with Crippen LogP contribution >= 0.6 is 0 Å². The zero-order chi connectivity index (χ0) is 30.8. The van der Waals surface area contributed by atoms with E-state index < -0.39 is 6.10 Å². The van der Waals surface area contributed by atoms with Crippen LogP contribution in [0, 0.1) is 0 Å². The van der Waals surface area contributed by atoms with Crippen molar-refractivity contribution in [2.45, 2.75) is 200 Å². The molecule has 0 heterocycles. The van der Waals surface area contributed by atoms with E-state index in [4.69, 9.17) is 9.47 Å². The fourth-order valence-corrected chi connectivity index (χ4v) is 5.25. The van der Waals surface area contributed by atoms with Gasteiger partial charge in [0.25, 0.3) is 0 Å². The number of unbranched alkanes of at least 4 members (excludes halogenated alkanes) is 23. The molecule has 0 aliphatic carbocycles. The molecule has 42 heavy (non-hydrogen) atoms. The third-order valence-corrected chi connectivity index (χ3v) is 8.06. The van der Waals surface area contributed by atoms with Gasteiger partial charge < -0.3 is 14.6 Å². The molecule has 0 aromatic rings. The standard InChI is InChI=1S/C37H70O5/c1-3-5-7-9-11-13-15-17-18-20-21-23-25-27-29-31-36(39)41-34-35(33-38)42-37(40)32-30-28-26-24-22-19-16-14-12-10-8-6-4-2/h14,16,35,38H,3-13,15,17-34H2,1-2H3/b16-14-/t35-/m0/s1. The summed E-state index contributed by atoms with van der Waals surface area (Å²) in [6.45, 7) is 4.12. The van der Waals surface area contributed by atoms with Crippen LogP contribution in [-0.2, 0) is 19.1 Å². The lowest BCUT2D eigenvalue weighted by molar-refractivity contribution is -0.161. The van der Waals surface area contributed by atoms with Crippen LogP contribution in [0.15, 0.2) is 12.2 Å². The van der Waals surface area contributed by atoms with Crippen molar-refractivity contribution in [2.75, 3.05) is 13.2 Å². The minimum Gasteiger partial charge on any atom is -0.462 e. The van der Waals surface area contributed by atoms with Gasteiger partial charge in [-0.15, -0.1) is 0 Å². The third kappa shape index (κ3) is 31.6. The second-order valence-corrected chi connectivity index (χ2v) is 12.3. The van der Waals surface area contributed by atoms with Crippen molar-refractivity contribution in [2.24, 2.45) is 0 Å². The molecule has 1 atom stereocenters.